The Morgan fingerprint density at radius 2 is 2.14 bits per heavy atom. The van der Waals surface area contributed by atoms with Gasteiger partial charge in [0.1, 0.15) is 5.75 Å². The van der Waals surface area contributed by atoms with E-state index >= 15 is 0 Å². The first-order valence-electron chi connectivity index (χ1n) is 7.46. The second kappa shape index (κ2) is 9.23. The zero-order valence-electron chi connectivity index (χ0n) is 13.1. The van der Waals surface area contributed by atoms with Gasteiger partial charge in [0.15, 0.2) is 0 Å². The van der Waals surface area contributed by atoms with Crippen molar-refractivity contribution in [1.29, 1.82) is 0 Å². The summed E-state index contributed by atoms with van der Waals surface area (Å²) in [5.41, 5.74) is 0.669. The van der Waals surface area contributed by atoms with Crippen LogP contribution >= 0.6 is 0 Å². The molecule has 0 saturated heterocycles. The number of aliphatic hydroxyl groups excluding tert-OH is 1. The molecule has 1 aromatic rings. The van der Waals surface area contributed by atoms with Crippen molar-refractivity contribution in [2.24, 2.45) is 5.92 Å². The molecule has 3 N–H and O–H groups in total. The maximum atomic E-state index is 11.9. The van der Waals surface area contributed by atoms with Gasteiger partial charge < -0.3 is 20.5 Å². The zero-order chi connectivity index (χ0) is 15.7. The van der Waals surface area contributed by atoms with E-state index in [9.17, 15) is 9.90 Å². The Bertz CT molecular complexity index is 435. The topological polar surface area (TPSA) is 70.6 Å². The lowest BCUT2D eigenvalue weighted by atomic mass is 10.0. The average Bonchev–Trinajstić information content (AvgIpc) is 2.44. The second-order valence-electron chi connectivity index (χ2n) is 5.48. The van der Waals surface area contributed by atoms with Crippen molar-refractivity contribution in [3.05, 3.63) is 24.3 Å². The Kier molecular flexibility index (Phi) is 7.61. The summed E-state index contributed by atoms with van der Waals surface area (Å²) < 4.78 is 5.52. The van der Waals surface area contributed by atoms with Crippen molar-refractivity contribution in [3.8, 4) is 5.75 Å². The Labute approximate surface area is 126 Å². The van der Waals surface area contributed by atoms with Crippen LogP contribution in [0.5, 0.6) is 5.75 Å². The van der Waals surface area contributed by atoms with Crippen LogP contribution in [0.3, 0.4) is 0 Å². The molecular formula is C16H26N2O3. The molecule has 1 unspecified atom stereocenters. The van der Waals surface area contributed by atoms with E-state index in [-0.39, 0.29) is 18.7 Å². The van der Waals surface area contributed by atoms with Crippen LogP contribution < -0.4 is 15.4 Å². The van der Waals surface area contributed by atoms with Gasteiger partial charge in [0.25, 0.3) is 0 Å². The van der Waals surface area contributed by atoms with Gasteiger partial charge in [-0.25, -0.2) is 4.79 Å². The molecule has 2 amide bonds. The third kappa shape index (κ3) is 6.99. The van der Waals surface area contributed by atoms with Gasteiger partial charge in [-0.2, -0.15) is 0 Å². The third-order valence-electron chi connectivity index (χ3n) is 2.88. The lowest BCUT2D eigenvalue weighted by Crippen LogP contribution is -2.40. The van der Waals surface area contributed by atoms with Crippen LogP contribution in [-0.2, 0) is 0 Å². The number of carbonyl (C=O) groups is 1. The fraction of sp³-hybridized carbons (Fsp3) is 0.562. The van der Waals surface area contributed by atoms with Crippen LogP contribution in [0, 0.1) is 5.92 Å². The molecule has 0 heterocycles. The molecule has 1 aromatic carbocycles. The molecule has 5 heteroatoms. The molecule has 0 bridgehead atoms. The van der Waals surface area contributed by atoms with Gasteiger partial charge in [-0.05, 0) is 30.9 Å². The number of carbonyl (C=O) groups excluding carboxylic acids is 1. The number of aliphatic hydroxyl groups is 1. The van der Waals surface area contributed by atoms with Crippen LogP contribution in [0.25, 0.3) is 0 Å². The SMILES string of the molecule is CCCOc1cccc(NC(=O)NC(CO)CC(C)C)c1. The van der Waals surface area contributed by atoms with Crippen LogP contribution in [-0.4, -0.2) is 30.4 Å². The number of ether oxygens (including phenoxy) is 1. The first kappa shape index (κ1) is 17.3. The summed E-state index contributed by atoms with van der Waals surface area (Å²) in [5.74, 6) is 1.14. The smallest absolute Gasteiger partial charge is 0.319 e. The third-order valence-corrected chi connectivity index (χ3v) is 2.88. The minimum Gasteiger partial charge on any atom is -0.494 e. The molecule has 0 aliphatic heterocycles. The molecular weight excluding hydrogens is 268 g/mol. The van der Waals surface area contributed by atoms with E-state index < -0.39 is 0 Å². The normalized spacial score (nSPS) is 12.0. The lowest BCUT2D eigenvalue weighted by molar-refractivity contribution is 0.214. The molecule has 0 radical (unpaired) electrons. The molecule has 21 heavy (non-hydrogen) atoms. The monoisotopic (exact) mass is 294 g/mol. The molecule has 0 aromatic heterocycles. The van der Waals surface area contributed by atoms with Gasteiger partial charge in [-0.15, -0.1) is 0 Å². The fourth-order valence-electron chi connectivity index (χ4n) is 1.98. The lowest BCUT2D eigenvalue weighted by Gasteiger charge is -2.18. The summed E-state index contributed by atoms with van der Waals surface area (Å²) >= 11 is 0. The van der Waals surface area contributed by atoms with Crippen molar-refractivity contribution in [2.45, 2.75) is 39.7 Å². The number of nitrogens with one attached hydrogen (secondary N) is 2. The van der Waals surface area contributed by atoms with Gasteiger partial charge in [0, 0.05) is 11.8 Å². The van der Waals surface area contributed by atoms with Crippen molar-refractivity contribution < 1.29 is 14.6 Å². The van der Waals surface area contributed by atoms with E-state index in [4.69, 9.17) is 4.74 Å². The molecule has 5 nitrogen and oxygen atoms in total. The summed E-state index contributed by atoms with van der Waals surface area (Å²) in [6, 6.07) is 6.72. The fourth-order valence-corrected chi connectivity index (χ4v) is 1.98. The summed E-state index contributed by atoms with van der Waals surface area (Å²) in [7, 11) is 0. The summed E-state index contributed by atoms with van der Waals surface area (Å²) in [5, 5.41) is 14.8. The van der Waals surface area contributed by atoms with Gasteiger partial charge in [-0.3, -0.25) is 0 Å². The van der Waals surface area contributed by atoms with Gasteiger partial charge >= 0.3 is 6.03 Å². The van der Waals surface area contributed by atoms with Gasteiger partial charge in [0.05, 0.1) is 19.3 Å². The number of anilines is 1. The summed E-state index contributed by atoms with van der Waals surface area (Å²) in [6.45, 7) is 6.73. The standard InChI is InChI=1S/C16H26N2O3/c1-4-8-21-15-7-5-6-13(10-15)17-16(20)18-14(11-19)9-12(2)3/h5-7,10,12,14,19H,4,8-9,11H2,1-3H3,(H2,17,18,20). The highest BCUT2D eigenvalue weighted by Crippen LogP contribution is 2.17. The van der Waals surface area contributed by atoms with Crippen LogP contribution in [0.2, 0.25) is 0 Å². The van der Waals surface area contributed by atoms with Crippen molar-refractivity contribution in [3.63, 3.8) is 0 Å². The molecule has 1 rings (SSSR count). The first-order chi connectivity index (χ1) is 10.0. The van der Waals surface area contributed by atoms with Crippen LogP contribution in [0.4, 0.5) is 10.5 Å². The molecule has 0 spiro atoms. The largest absolute Gasteiger partial charge is 0.494 e. The van der Waals surface area contributed by atoms with E-state index in [1.807, 2.05) is 19.1 Å². The van der Waals surface area contributed by atoms with Gasteiger partial charge in [-0.1, -0.05) is 26.8 Å². The van der Waals surface area contributed by atoms with Crippen molar-refractivity contribution >= 4 is 11.7 Å². The highest BCUT2D eigenvalue weighted by molar-refractivity contribution is 5.89. The number of urea groups is 1. The second-order valence-corrected chi connectivity index (χ2v) is 5.48. The van der Waals surface area contributed by atoms with Gasteiger partial charge in [0.2, 0.25) is 0 Å². The summed E-state index contributed by atoms with van der Waals surface area (Å²) in [4.78, 5) is 11.9. The Hall–Kier alpha value is -1.75. The van der Waals surface area contributed by atoms with E-state index in [2.05, 4.69) is 24.5 Å². The molecule has 1 atom stereocenters. The Morgan fingerprint density at radius 3 is 2.76 bits per heavy atom. The number of hydrogen-bond acceptors (Lipinski definition) is 3. The molecule has 118 valence electrons. The highest BCUT2D eigenvalue weighted by Gasteiger charge is 2.13. The predicted molar refractivity (Wildman–Crippen MR) is 84.7 cm³/mol. The number of hydrogen-bond donors (Lipinski definition) is 3. The molecule has 0 fully saturated rings. The van der Waals surface area contributed by atoms with E-state index in [1.54, 1.807) is 12.1 Å². The minimum absolute atomic E-state index is 0.0642. The minimum atomic E-state index is -0.317. The maximum Gasteiger partial charge on any atom is 0.319 e. The van der Waals surface area contributed by atoms with Crippen LogP contribution in [0.15, 0.2) is 24.3 Å². The number of benzene rings is 1. The zero-order valence-corrected chi connectivity index (χ0v) is 13.1. The Morgan fingerprint density at radius 1 is 1.38 bits per heavy atom. The number of rotatable bonds is 8. The van der Waals surface area contributed by atoms with Crippen molar-refractivity contribution in [2.75, 3.05) is 18.5 Å². The Balaban J connectivity index is 2.53. The molecule has 0 saturated carbocycles. The van der Waals surface area contributed by atoms with E-state index in [0.717, 1.165) is 18.6 Å². The summed E-state index contributed by atoms with van der Waals surface area (Å²) in [6.07, 6.45) is 1.68. The van der Waals surface area contributed by atoms with Crippen LogP contribution in [0.1, 0.15) is 33.6 Å². The maximum absolute atomic E-state index is 11.9. The molecule has 0 aliphatic rings. The molecule has 0 aliphatic carbocycles. The van der Waals surface area contributed by atoms with E-state index in [0.29, 0.717) is 18.2 Å². The van der Waals surface area contributed by atoms with E-state index in [1.165, 1.54) is 0 Å². The number of amides is 2. The average molecular weight is 294 g/mol. The predicted octanol–water partition coefficient (Wildman–Crippen LogP) is 3.00. The highest BCUT2D eigenvalue weighted by atomic mass is 16.5. The van der Waals surface area contributed by atoms with Crippen molar-refractivity contribution in [1.82, 2.24) is 5.32 Å². The first-order valence-corrected chi connectivity index (χ1v) is 7.46. The quantitative estimate of drug-likeness (QED) is 0.690.